The summed E-state index contributed by atoms with van der Waals surface area (Å²) in [6.45, 7) is 11.6. The van der Waals surface area contributed by atoms with E-state index >= 15 is 0 Å². The zero-order valence-corrected chi connectivity index (χ0v) is 19.6. The molecular formula is C27H47NO. The number of hydrogen-bond acceptors (Lipinski definition) is 2. The highest BCUT2D eigenvalue weighted by molar-refractivity contribution is 5.10. The van der Waals surface area contributed by atoms with Gasteiger partial charge in [-0.3, -0.25) is 0 Å². The summed E-state index contributed by atoms with van der Waals surface area (Å²) in [6, 6.07) is 0.762. The molecule has 5 aliphatic rings. The molecule has 0 aromatic heterocycles. The van der Waals surface area contributed by atoms with Gasteiger partial charge in [0.15, 0.2) is 0 Å². The SMILES string of the molecule is C[C@H]1CC[C@H]([C@@H](C)[C@H]2CC[C@H]3[C@@H]4CC[C@H]5C[C@@H](O)CC[C@]5(C)[C@H]4CC[C@]23C)NC1. The Bertz CT molecular complexity index is 597. The number of nitrogens with one attached hydrogen (secondary N) is 1. The van der Waals surface area contributed by atoms with E-state index in [1.165, 1.54) is 64.3 Å². The minimum absolute atomic E-state index is 0.0131. The van der Waals surface area contributed by atoms with Gasteiger partial charge < -0.3 is 10.4 Å². The second-order valence-corrected chi connectivity index (χ2v) is 12.9. The van der Waals surface area contributed by atoms with Crippen LogP contribution in [0.15, 0.2) is 0 Å². The molecule has 1 aliphatic heterocycles. The Morgan fingerprint density at radius 1 is 0.862 bits per heavy atom. The molecule has 0 aromatic rings. The molecule has 2 nitrogen and oxygen atoms in total. The van der Waals surface area contributed by atoms with Crippen LogP contribution in [0.2, 0.25) is 0 Å². The summed E-state index contributed by atoms with van der Waals surface area (Å²) in [5.74, 6) is 6.31. The van der Waals surface area contributed by atoms with Crippen LogP contribution in [0.3, 0.4) is 0 Å². The van der Waals surface area contributed by atoms with Gasteiger partial charge in [-0.2, -0.15) is 0 Å². The highest BCUT2D eigenvalue weighted by atomic mass is 16.3. The minimum atomic E-state index is -0.0131. The van der Waals surface area contributed by atoms with Crippen LogP contribution in [-0.4, -0.2) is 23.8 Å². The Morgan fingerprint density at radius 3 is 2.38 bits per heavy atom. The largest absolute Gasteiger partial charge is 0.393 e. The molecule has 0 aromatic carbocycles. The molecule has 1 saturated heterocycles. The summed E-state index contributed by atoms with van der Waals surface area (Å²) in [5, 5.41) is 14.2. The van der Waals surface area contributed by atoms with E-state index in [-0.39, 0.29) is 6.10 Å². The number of aliphatic hydroxyl groups is 1. The van der Waals surface area contributed by atoms with Crippen LogP contribution in [0.4, 0.5) is 0 Å². The molecular weight excluding hydrogens is 354 g/mol. The van der Waals surface area contributed by atoms with E-state index in [0.29, 0.717) is 10.8 Å². The molecule has 4 saturated carbocycles. The molecule has 0 bridgehead atoms. The number of rotatable bonds is 2. The van der Waals surface area contributed by atoms with Crippen molar-refractivity contribution < 1.29 is 5.11 Å². The lowest BCUT2D eigenvalue weighted by atomic mass is 9.44. The van der Waals surface area contributed by atoms with Crippen LogP contribution in [0.1, 0.15) is 98.3 Å². The highest BCUT2D eigenvalue weighted by Gasteiger charge is 2.60. The van der Waals surface area contributed by atoms with E-state index in [1.54, 1.807) is 0 Å². The quantitative estimate of drug-likeness (QED) is 0.592. The van der Waals surface area contributed by atoms with Crippen molar-refractivity contribution in [2.24, 2.45) is 52.3 Å². The lowest BCUT2D eigenvalue weighted by molar-refractivity contribution is -0.130. The molecule has 11 atom stereocenters. The molecule has 2 N–H and O–H groups in total. The van der Waals surface area contributed by atoms with Crippen molar-refractivity contribution in [3.05, 3.63) is 0 Å². The fourth-order valence-corrected chi connectivity index (χ4v) is 9.89. The molecule has 1 heterocycles. The maximum absolute atomic E-state index is 10.3. The predicted molar refractivity (Wildman–Crippen MR) is 121 cm³/mol. The van der Waals surface area contributed by atoms with Crippen LogP contribution >= 0.6 is 0 Å². The van der Waals surface area contributed by atoms with Crippen molar-refractivity contribution >= 4 is 0 Å². The molecule has 5 fully saturated rings. The molecule has 4 aliphatic carbocycles. The summed E-state index contributed by atoms with van der Waals surface area (Å²) in [4.78, 5) is 0. The minimum Gasteiger partial charge on any atom is -0.393 e. The van der Waals surface area contributed by atoms with Crippen molar-refractivity contribution in [3.63, 3.8) is 0 Å². The van der Waals surface area contributed by atoms with Crippen LogP contribution < -0.4 is 5.32 Å². The summed E-state index contributed by atoms with van der Waals surface area (Å²) >= 11 is 0. The molecule has 0 amide bonds. The third kappa shape index (κ3) is 3.25. The van der Waals surface area contributed by atoms with Crippen molar-refractivity contribution in [1.29, 1.82) is 0 Å². The zero-order chi connectivity index (χ0) is 20.4. The lowest BCUT2D eigenvalue weighted by Gasteiger charge is -2.61. The normalized spacial score (nSPS) is 56.2. The second kappa shape index (κ2) is 7.51. The van der Waals surface area contributed by atoms with Gasteiger partial charge in [0.2, 0.25) is 0 Å². The lowest BCUT2D eigenvalue weighted by Crippen LogP contribution is -2.55. The van der Waals surface area contributed by atoms with Gasteiger partial charge in [0.25, 0.3) is 0 Å². The van der Waals surface area contributed by atoms with Crippen LogP contribution in [0.25, 0.3) is 0 Å². The molecule has 5 rings (SSSR count). The van der Waals surface area contributed by atoms with Crippen molar-refractivity contribution in [2.75, 3.05) is 6.54 Å². The van der Waals surface area contributed by atoms with E-state index in [4.69, 9.17) is 0 Å². The van der Waals surface area contributed by atoms with E-state index < -0.39 is 0 Å². The first kappa shape index (κ1) is 20.8. The standard InChI is InChI=1S/C27H47NO/c1-17-5-10-25(28-16-17)18(2)22-8-9-23-21-7-6-19-15-20(29)11-13-26(19,3)24(21)12-14-27(22,23)4/h17-25,28-29H,5-16H2,1-4H3/t17-,18-,19-,20-,21-,22+,23-,24-,25+,26-,27+/m0/s1. The zero-order valence-electron chi connectivity index (χ0n) is 19.6. The summed E-state index contributed by atoms with van der Waals surface area (Å²) in [5.41, 5.74) is 1.11. The number of hydrogen-bond donors (Lipinski definition) is 2. The first-order valence-electron chi connectivity index (χ1n) is 13.2. The third-order valence-electron chi connectivity index (χ3n) is 11.7. The van der Waals surface area contributed by atoms with E-state index in [1.807, 2.05) is 0 Å². The predicted octanol–water partition coefficient (Wildman–Crippen LogP) is 6.03. The van der Waals surface area contributed by atoms with Gasteiger partial charge in [0, 0.05) is 6.04 Å². The molecule has 166 valence electrons. The van der Waals surface area contributed by atoms with Crippen LogP contribution in [0.5, 0.6) is 0 Å². The van der Waals surface area contributed by atoms with Gasteiger partial charge in [-0.1, -0.05) is 27.7 Å². The Balaban J connectivity index is 1.33. The van der Waals surface area contributed by atoms with Gasteiger partial charge in [0.05, 0.1) is 6.10 Å². The molecule has 0 radical (unpaired) electrons. The molecule has 2 heteroatoms. The summed E-state index contributed by atoms with van der Waals surface area (Å²) < 4.78 is 0. The third-order valence-corrected chi connectivity index (χ3v) is 11.7. The van der Waals surface area contributed by atoms with Crippen molar-refractivity contribution in [1.82, 2.24) is 5.32 Å². The van der Waals surface area contributed by atoms with Gasteiger partial charge in [-0.15, -0.1) is 0 Å². The van der Waals surface area contributed by atoms with Gasteiger partial charge in [0.1, 0.15) is 0 Å². The average Bonchev–Trinajstić information content (AvgIpc) is 3.06. The topological polar surface area (TPSA) is 32.3 Å². The first-order chi connectivity index (χ1) is 13.8. The fraction of sp³-hybridized carbons (Fsp3) is 1.00. The Morgan fingerprint density at radius 2 is 1.62 bits per heavy atom. The maximum atomic E-state index is 10.3. The smallest absolute Gasteiger partial charge is 0.0543 e. The van der Waals surface area contributed by atoms with Crippen molar-refractivity contribution in [3.8, 4) is 0 Å². The molecule has 29 heavy (non-hydrogen) atoms. The monoisotopic (exact) mass is 401 g/mol. The number of aliphatic hydroxyl groups excluding tert-OH is 1. The van der Waals surface area contributed by atoms with Crippen LogP contribution in [0, 0.1) is 52.3 Å². The Kier molecular flexibility index (Phi) is 5.38. The summed E-state index contributed by atoms with van der Waals surface area (Å²) in [7, 11) is 0. The van der Waals surface area contributed by atoms with Crippen LogP contribution in [-0.2, 0) is 0 Å². The highest BCUT2D eigenvalue weighted by Crippen LogP contribution is 2.68. The van der Waals surface area contributed by atoms with Gasteiger partial charge in [-0.05, 0) is 129 Å². The fourth-order valence-electron chi connectivity index (χ4n) is 9.89. The second-order valence-electron chi connectivity index (χ2n) is 12.9. The van der Waals surface area contributed by atoms with E-state index in [2.05, 4.69) is 33.0 Å². The van der Waals surface area contributed by atoms with Crippen molar-refractivity contribution in [2.45, 2.75) is 110 Å². The Labute approximate surface area is 180 Å². The Hall–Kier alpha value is -0.0800. The van der Waals surface area contributed by atoms with E-state index in [0.717, 1.165) is 60.3 Å². The van der Waals surface area contributed by atoms with E-state index in [9.17, 15) is 5.11 Å². The number of fused-ring (bicyclic) bond motifs is 5. The van der Waals surface area contributed by atoms with Gasteiger partial charge in [-0.25, -0.2) is 0 Å². The molecule has 0 spiro atoms. The molecule has 0 unspecified atom stereocenters. The average molecular weight is 402 g/mol. The first-order valence-corrected chi connectivity index (χ1v) is 13.2. The van der Waals surface area contributed by atoms with Gasteiger partial charge >= 0.3 is 0 Å². The number of piperidine rings is 1. The summed E-state index contributed by atoms with van der Waals surface area (Å²) in [6.07, 6.45) is 15.0. The maximum Gasteiger partial charge on any atom is 0.0543 e.